The van der Waals surface area contributed by atoms with Crippen LogP contribution in [0, 0.1) is 0 Å². The monoisotopic (exact) mass is 264 g/mol. The highest BCUT2D eigenvalue weighted by Crippen LogP contribution is 2.13. The Balaban J connectivity index is 1.96. The molecule has 3 N–H and O–H groups in total. The molecule has 0 aromatic heterocycles. The van der Waals surface area contributed by atoms with Crippen LogP contribution in [-0.4, -0.2) is 47.8 Å². The maximum atomic E-state index is 12.3. The zero-order valence-corrected chi connectivity index (χ0v) is 11.1. The molecule has 1 aromatic rings. The van der Waals surface area contributed by atoms with Gasteiger partial charge in [-0.15, -0.1) is 0 Å². The largest absolute Gasteiger partial charge is 0.508 e. The maximum absolute atomic E-state index is 12.3. The van der Waals surface area contributed by atoms with Crippen molar-refractivity contribution in [2.75, 3.05) is 19.8 Å². The Bertz CT molecular complexity index is 433. The summed E-state index contributed by atoms with van der Waals surface area (Å²) in [4.78, 5) is 14.1. The van der Waals surface area contributed by atoms with Crippen LogP contribution in [0.2, 0.25) is 0 Å². The molecule has 19 heavy (non-hydrogen) atoms. The second kappa shape index (κ2) is 6.04. The van der Waals surface area contributed by atoms with Crippen molar-refractivity contribution < 1.29 is 14.6 Å². The summed E-state index contributed by atoms with van der Waals surface area (Å²) >= 11 is 0. The number of nitrogens with two attached hydrogens (primary N) is 1. The average Bonchev–Trinajstić information content (AvgIpc) is 2.41. The highest BCUT2D eigenvalue weighted by atomic mass is 16.5. The van der Waals surface area contributed by atoms with E-state index in [-0.39, 0.29) is 17.7 Å². The second-order valence-corrected chi connectivity index (χ2v) is 4.93. The zero-order valence-electron chi connectivity index (χ0n) is 11.1. The Hall–Kier alpha value is -1.59. The van der Waals surface area contributed by atoms with Crippen LogP contribution in [0.4, 0.5) is 0 Å². The van der Waals surface area contributed by atoms with Crippen molar-refractivity contribution in [1.29, 1.82) is 0 Å². The van der Waals surface area contributed by atoms with Gasteiger partial charge in [-0.25, -0.2) is 0 Å². The number of rotatable bonds is 3. The molecule has 104 valence electrons. The molecule has 2 rings (SSSR count). The first-order valence-electron chi connectivity index (χ1n) is 6.49. The van der Waals surface area contributed by atoms with Gasteiger partial charge in [-0.2, -0.15) is 0 Å². The van der Waals surface area contributed by atoms with Crippen molar-refractivity contribution in [3.8, 4) is 5.75 Å². The van der Waals surface area contributed by atoms with Crippen molar-refractivity contribution >= 4 is 5.91 Å². The van der Waals surface area contributed by atoms with Gasteiger partial charge < -0.3 is 20.5 Å². The second-order valence-electron chi connectivity index (χ2n) is 4.93. The molecular formula is C14H20N2O3. The molecule has 0 spiro atoms. The molecule has 1 unspecified atom stereocenters. The molecule has 1 aliphatic rings. The van der Waals surface area contributed by atoms with Crippen molar-refractivity contribution in [1.82, 2.24) is 4.90 Å². The van der Waals surface area contributed by atoms with Crippen LogP contribution < -0.4 is 5.73 Å². The van der Waals surface area contributed by atoms with Crippen LogP contribution in [-0.2, 0) is 16.0 Å². The topological polar surface area (TPSA) is 75.8 Å². The SMILES string of the molecule is CC1COCCN1C(=O)[C@H](N)Cc1ccc(O)cc1. The quantitative estimate of drug-likeness (QED) is 0.834. The molecule has 1 aliphatic heterocycles. The van der Waals surface area contributed by atoms with Gasteiger partial charge in [-0.1, -0.05) is 12.1 Å². The van der Waals surface area contributed by atoms with E-state index in [1.165, 1.54) is 0 Å². The first kappa shape index (κ1) is 13.8. The molecule has 0 bridgehead atoms. The van der Waals surface area contributed by atoms with Gasteiger partial charge in [0.1, 0.15) is 5.75 Å². The Kier molecular flexibility index (Phi) is 4.39. The first-order valence-corrected chi connectivity index (χ1v) is 6.49. The van der Waals surface area contributed by atoms with E-state index >= 15 is 0 Å². The number of phenols is 1. The van der Waals surface area contributed by atoms with E-state index in [2.05, 4.69) is 0 Å². The van der Waals surface area contributed by atoms with Crippen molar-refractivity contribution in [2.45, 2.75) is 25.4 Å². The third-order valence-electron chi connectivity index (χ3n) is 3.36. The van der Waals surface area contributed by atoms with Crippen molar-refractivity contribution in [3.63, 3.8) is 0 Å². The van der Waals surface area contributed by atoms with Crippen LogP contribution in [0.3, 0.4) is 0 Å². The molecule has 5 heteroatoms. The highest BCUT2D eigenvalue weighted by molar-refractivity contribution is 5.82. The molecule has 1 fully saturated rings. The molecule has 2 atom stereocenters. The number of nitrogens with zero attached hydrogens (tertiary/aromatic N) is 1. The van der Waals surface area contributed by atoms with Gasteiger partial charge in [-0.05, 0) is 31.0 Å². The summed E-state index contributed by atoms with van der Waals surface area (Å²) in [6.45, 7) is 3.70. The summed E-state index contributed by atoms with van der Waals surface area (Å²) in [6.07, 6.45) is 0.475. The van der Waals surface area contributed by atoms with E-state index in [1.54, 1.807) is 29.2 Å². The summed E-state index contributed by atoms with van der Waals surface area (Å²) in [5, 5.41) is 9.22. The lowest BCUT2D eigenvalue weighted by molar-refractivity contribution is -0.140. The Morgan fingerprint density at radius 2 is 2.21 bits per heavy atom. The van der Waals surface area contributed by atoms with Crippen LogP contribution in [0.25, 0.3) is 0 Å². The average molecular weight is 264 g/mol. The lowest BCUT2D eigenvalue weighted by Gasteiger charge is -2.35. The fourth-order valence-electron chi connectivity index (χ4n) is 2.24. The predicted octanol–water partition coefficient (Wildman–Crippen LogP) is 0.509. The molecule has 0 radical (unpaired) electrons. The molecule has 1 aromatic carbocycles. The van der Waals surface area contributed by atoms with E-state index in [0.29, 0.717) is 26.2 Å². The number of aromatic hydroxyl groups is 1. The molecular weight excluding hydrogens is 244 g/mol. The van der Waals surface area contributed by atoms with Gasteiger partial charge >= 0.3 is 0 Å². The number of amides is 1. The number of carbonyl (C=O) groups is 1. The zero-order chi connectivity index (χ0) is 13.8. The van der Waals surface area contributed by atoms with Crippen LogP contribution in [0.5, 0.6) is 5.75 Å². The summed E-state index contributed by atoms with van der Waals surface area (Å²) in [5.74, 6) is 0.175. The molecule has 1 saturated heterocycles. The Labute approximate surface area is 113 Å². The van der Waals surface area contributed by atoms with Crippen molar-refractivity contribution in [3.05, 3.63) is 29.8 Å². The normalized spacial score (nSPS) is 21.2. The molecule has 5 nitrogen and oxygen atoms in total. The third-order valence-corrected chi connectivity index (χ3v) is 3.36. The van der Waals surface area contributed by atoms with Gasteiger partial charge in [0.05, 0.1) is 25.3 Å². The highest BCUT2D eigenvalue weighted by Gasteiger charge is 2.27. The van der Waals surface area contributed by atoms with E-state index in [4.69, 9.17) is 10.5 Å². The summed E-state index contributed by atoms with van der Waals surface area (Å²) < 4.78 is 5.31. The van der Waals surface area contributed by atoms with E-state index < -0.39 is 6.04 Å². The standard InChI is InChI=1S/C14H20N2O3/c1-10-9-19-7-6-16(10)14(18)13(15)8-11-2-4-12(17)5-3-11/h2-5,10,13,17H,6-9,15H2,1H3/t10?,13-/m1/s1. The summed E-state index contributed by atoms with van der Waals surface area (Å²) in [7, 11) is 0. The van der Waals surface area contributed by atoms with Crippen LogP contribution in [0.1, 0.15) is 12.5 Å². The maximum Gasteiger partial charge on any atom is 0.240 e. The minimum atomic E-state index is -0.551. The minimum Gasteiger partial charge on any atom is -0.508 e. The van der Waals surface area contributed by atoms with E-state index in [9.17, 15) is 9.90 Å². The number of morpholine rings is 1. The Morgan fingerprint density at radius 1 is 1.53 bits per heavy atom. The van der Waals surface area contributed by atoms with Crippen molar-refractivity contribution in [2.24, 2.45) is 5.73 Å². The Morgan fingerprint density at radius 3 is 2.84 bits per heavy atom. The molecule has 1 heterocycles. The number of hydrogen-bond acceptors (Lipinski definition) is 4. The van der Waals surface area contributed by atoms with Crippen LogP contribution in [0.15, 0.2) is 24.3 Å². The fourth-order valence-corrected chi connectivity index (χ4v) is 2.24. The predicted molar refractivity (Wildman–Crippen MR) is 71.8 cm³/mol. The molecule has 0 aliphatic carbocycles. The van der Waals surface area contributed by atoms with Crippen LogP contribution >= 0.6 is 0 Å². The fraction of sp³-hybridized carbons (Fsp3) is 0.500. The number of benzene rings is 1. The van der Waals surface area contributed by atoms with Gasteiger partial charge in [0, 0.05) is 6.54 Å². The number of carbonyl (C=O) groups excluding carboxylic acids is 1. The number of hydrogen-bond donors (Lipinski definition) is 2. The lowest BCUT2D eigenvalue weighted by Crippen LogP contribution is -2.53. The van der Waals surface area contributed by atoms with Gasteiger partial charge in [0.2, 0.25) is 5.91 Å². The third kappa shape index (κ3) is 3.45. The number of phenolic OH excluding ortho intramolecular Hbond substituents is 1. The molecule has 1 amide bonds. The van der Waals surface area contributed by atoms with E-state index in [1.807, 2.05) is 6.92 Å². The lowest BCUT2D eigenvalue weighted by atomic mass is 10.0. The smallest absolute Gasteiger partial charge is 0.240 e. The summed E-state index contributed by atoms with van der Waals surface area (Å²) in [5.41, 5.74) is 6.93. The minimum absolute atomic E-state index is 0.0381. The first-order chi connectivity index (χ1) is 9.08. The van der Waals surface area contributed by atoms with E-state index in [0.717, 1.165) is 5.56 Å². The van der Waals surface area contributed by atoms with Gasteiger partial charge in [-0.3, -0.25) is 4.79 Å². The van der Waals surface area contributed by atoms with Gasteiger partial charge in [0.15, 0.2) is 0 Å². The number of ether oxygens (including phenoxy) is 1. The van der Waals surface area contributed by atoms with Gasteiger partial charge in [0.25, 0.3) is 0 Å². The summed E-state index contributed by atoms with van der Waals surface area (Å²) in [6, 6.07) is 6.29. The molecule has 0 saturated carbocycles.